The number of aliphatic hydroxyl groups is 1. The molecule has 1 heterocycles. The van der Waals surface area contributed by atoms with Crippen molar-refractivity contribution in [2.45, 2.75) is 43.9 Å². The van der Waals surface area contributed by atoms with Crippen LogP contribution >= 0.6 is 11.6 Å². The summed E-state index contributed by atoms with van der Waals surface area (Å²) in [5, 5.41) is 10.7. The van der Waals surface area contributed by atoms with Gasteiger partial charge >= 0.3 is 0 Å². The van der Waals surface area contributed by atoms with Gasteiger partial charge in [0.05, 0.1) is 17.0 Å². The van der Waals surface area contributed by atoms with E-state index in [0.29, 0.717) is 48.6 Å². The molecule has 5 heteroatoms. The van der Waals surface area contributed by atoms with E-state index in [2.05, 4.69) is 4.98 Å². The number of nitrogen functional groups attached to an aromatic ring is 1. The van der Waals surface area contributed by atoms with E-state index in [-0.39, 0.29) is 0 Å². The minimum atomic E-state index is -0.894. The molecule has 2 rings (SSSR count). The van der Waals surface area contributed by atoms with Gasteiger partial charge in [-0.25, -0.2) is 9.37 Å². The summed E-state index contributed by atoms with van der Waals surface area (Å²) in [4.78, 5) is 4.12. The number of alkyl halides is 1. The molecular formula is C12H16ClFN2O. The van der Waals surface area contributed by atoms with E-state index in [1.807, 2.05) is 0 Å². The summed E-state index contributed by atoms with van der Waals surface area (Å²) in [6.07, 6.45) is 1.24. The molecule has 1 aromatic rings. The Morgan fingerprint density at radius 3 is 2.76 bits per heavy atom. The average Bonchev–Trinajstić information content (AvgIpc) is 2.28. The Kier molecular flexibility index (Phi) is 3.54. The molecule has 0 atom stereocenters. The third-order valence-electron chi connectivity index (χ3n) is 3.32. The number of anilines is 1. The van der Waals surface area contributed by atoms with Gasteiger partial charge in [0.25, 0.3) is 0 Å². The van der Waals surface area contributed by atoms with Gasteiger partial charge in [0, 0.05) is 6.42 Å². The molecule has 94 valence electrons. The molecule has 1 aliphatic rings. The fourth-order valence-corrected chi connectivity index (χ4v) is 2.40. The van der Waals surface area contributed by atoms with Gasteiger partial charge < -0.3 is 10.8 Å². The normalized spacial score (nSPS) is 29.2. The fourth-order valence-electron chi connectivity index (χ4n) is 2.24. The van der Waals surface area contributed by atoms with Crippen LogP contribution in [0.2, 0.25) is 5.15 Å². The maximum atomic E-state index is 13.0. The molecule has 1 saturated carbocycles. The number of halogens is 2. The molecule has 0 aromatic carbocycles. The molecule has 0 saturated heterocycles. The lowest BCUT2D eigenvalue weighted by Crippen LogP contribution is -2.37. The number of aromatic nitrogens is 1. The Morgan fingerprint density at radius 2 is 2.12 bits per heavy atom. The Bertz CT molecular complexity index is 405. The second-order valence-corrected chi connectivity index (χ2v) is 5.13. The van der Waals surface area contributed by atoms with Crippen molar-refractivity contribution in [3.63, 3.8) is 0 Å². The van der Waals surface area contributed by atoms with Crippen LogP contribution in [0.5, 0.6) is 0 Å². The van der Waals surface area contributed by atoms with Gasteiger partial charge in [-0.05, 0) is 37.8 Å². The first-order chi connectivity index (χ1) is 7.98. The highest BCUT2D eigenvalue weighted by molar-refractivity contribution is 6.29. The molecule has 0 spiro atoms. The number of nitrogens with zero attached hydrogens (tertiary/aromatic N) is 1. The standard InChI is InChI=1S/C12H16ClFN2O/c13-11-2-1-9(15)10(16-11)7-12(17)5-3-8(14)4-6-12/h1-2,8,17H,3-7,15H2. The van der Waals surface area contributed by atoms with E-state index in [4.69, 9.17) is 17.3 Å². The number of hydrogen-bond donors (Lipinski definition) is 2. The zero-order valence-electron chi connectivity index (χ0n) is 9.50. The van der Waals surface area contributed by atoms with Crippen LogP contribution in [0.4, 0.5) is 10.1 Å². The smallest absolute Gasteiger partial charge is 0.129 e. The van der Waals surface area contributed by atoms with Crippen molar-refractivity contribution < 1.29 is 9.50 Å². The van der Waals surface area contributed by atoms with Gasteiger partial charge in [0.1, 0.15) is 11.3 Å². The van der Waals surface area contributed by atoms with Crippen molar-refractivity contribution >= 4 is 17.3 Å². The topological polar surface area (TPSA) is 59.1 Å². The van der Waals surface area contributed by atoms with Crippen LogP contribution in [0.25, 0.3) is 0 Å². The van der Waals surface area contributed by atoms with Crippen LogP contribution < -0.4 is 5.73 Å². The third kappa shape index (κ3) is 3.07. The Balaban J connectivity index is 2.12. The summed E-state index contributed by atoms with van der Waals surface area (Å²) in [6.45, 7) is 0. The molecule has 3 nitrogen and oxygen atoms in total. The van der Waals surface area contributed by atoms with Gasteiger partial charge in [0.15, 0.2) is 0 Å². The molecule has 1 aromatic heterocycles. The van der Waals surface area contributed by atoms with Crippen LogP contribution in [0.15, 0.2) is 12.1 Å². The van der Waals surface area contributed by atoms with Crippen molar-refractivity contribution in [2.24, 2.45) is 0 Å². The number of pyridine rings is 1. The molecular weight excluding hydrogens is 243 g/mol. The highest BCUT2D eigenvalue weighted by atomic mass is 35.5. The number of rotatable bonds is 2. The van der Waals surface area contributed by atoms with E-state index in [1.165, 1.54) is 0 Å². The summed E-state index contributed by atoms with van der Waals surface area (Å²) in [6, 6.07) is 3.29. The van der Waals surface area contributed by atoms with Gasteiger partial charge in [-0.15, -0.1) is 0 Å². The van der Waals surface area contributed by atoms with E-state index in [1.54, 1.807) is 12.1 Å². The first-order valence-corrected chi connectivity index (χ1v) is 6.14. The van der Waals surface area contributed by atoms with Crippen LogP contribution in [0.1, 0.15) is 31.4 Å². The Hall–Kier alpha value is -0.870. The lowest BCUT2D eigenvalue weighted by molar-refractivity contribution is -0.0148. The maximum absolute atomic E-state index is 13.0. The highest BCUT2D eigenvalue weighted by Crippen LogP contribution is 2.33. The number of nitrogens with two attached hydrogens (primary N) is 1. The summed E-state index contributed by atoms with van der Waals surface area (Å²) in [5.74, 6) is 0. The Labute approximate surface area is 105 Å². The van der Waals surface area contributed by atoms with Crippen LogP contribution in [-0.2, 0) is 6.42 Å². The molecule has 3 N–H and O–H groups in total. The van der Waals surface area contributed by atoms with Crippen LogP contribution in [-0.4, -0.2) is 21.9 Å². The summed E-state index contributed by atoms with van der Waals surface area (Å²) in [7, 11) is 0. The lowest BCUT2D eigenvalue weighted by Gasteiger charge is -2.33. The first kappa shape index (κ1) is 12.6. The van der Waals surface area contributed by atoms with Crippen LogP contribution in [0.3, 0.4) is 0 Å². The largest absolute Gasteiger partial charge is 0.397 e. The molecule has 0 radical (unpaired) electrons. The second kappa shape index (κ2) is 4.78. The minimum Gasteiger partial charge on any atom is -0.397 e. The summed E-state index contributed by atoms with van der Waals surface area (Å²) < 4.78 is 13.0. The fraction of sp³-hybridized carbons (Fsp3) is 0.583. The van der Waals surface area contributed by atoms with Gasteiger partial charge in [-0.1, -0.05) is 11.6 Å². The summed E-state index contributed by atoms with van der Waals surface area (Å²) in [5.41, 5.74) is 6.01. The minimum absolute atomic E-state index is 0.339. The van der Waals surface area contributed by atoms with E-state index in [0.717, 1.165) is 0 Å². The van der Waals surface area contributed by atoms with Crippen molar-refractivity contribution in [2.75, 3.05) is 5.73 Å². The van der Waals surface area contributed by atoms with Gasteiger partial charge in [0.2, 0.25) is 0 Å². The number of hydrogen-bond acceptors (Lipinski definition) is 3. The van der Waals surface area contributed by atoms with Crippen molar-refractivity contribution in [1.82, 2.24) is 4.98 Å². The highest BCUT2D eigenvalue weighted by Gasteiger charge is 2.34. The Morgan fingerprint density at radius 1 is 1.47 bits per heavy atom. The second-order valence-electron chi connectivity index (χ2n) is 4.75. The molecule has 1 fully saturated rings. The predicted octanol–water partition coefficient (Wildman–Crippen LogP) is 2.50. The maximum Gasteiger partial charge on any atom is 0.129 e. The first-order valence-electron chi connectivity index (χ1n) is 5.76. The molecule has 0 aliphatic heterocycles. The zero-order valence-corrected chi connectivity index (χ0v) is 10.3. The third-order valence-corrected chi connectivity index (χ3v) is 3.53. The summed E-state index contributed by atoms with van der Waals surface area (Å²) >= 11 is 5.79. The van der Waals surface area contributed by atoms with Gasteiger partial charge in [-0.3, -0.25) is 0 Å². The SMILES string of the molecule is Nc1ccc(Cl)nc1CC1(O)CCC(F)CC1. The van der Waals surface area contributed by atoms with Crippen molar-refractivity contribution in [3.05, 3.63) is 23.0 Å². The van der Waals surface area contributed by atoms with E-state index < -0.39 is 11.8 Å². The molecule has 0 amide bonds. The molecule has 0 bridgehead atoms. The zero-order chi connectivity index (χ0) is 12.5. The molecule has 0 unspecified atom stereocenters. The van der Waals surface area contributed by atoms with Crippen molar-refractivity contribution in [1.29, 1.82) is 0 Å². The van der Waals surface area contributed by atoms with E-state index >= 15 is 0 Å². The molecule has 17 heavy (non-hydrogen) atoms. The predicted molar refractivity (Wildman–Crippen MR) is 65.7 cm³/mol. The van der Waals surface area contributed by atoms with Crippen LogP contribution in [0, 0.1) is 0 Å². The lowest BCUT2D eigenvalue weighted by atomic mass is 9.80. The van der Waals surface area contributed by atoms with Gasteiger partial charge in [-0.2, -0.15) is 0 Å². The monoisotopic (exact) mass is 258 g/mol. The quantitative estimate of drug-likeness (QED) is 0.802. The average molecular weight is 259 g/mol. The van der Waals surface area contributed by atoms with Crippen molar-refractivity contribution in [3.8, 4) is 0 Å². The van der Waals surface area contributed by atoms with E-state index in [9.17, 15) is 9.50 Å². The molecule has 1 aliphatic carbocycles.